The second-order valence-corrected chi connectivity index (χ2v) is 8.92. The highest BCUT2D eigenvalue weighted by Crippen LogP contribution is 2.22. The van der Waals surface area contributed by atoms with Crippen LogP contribution < -0.4 is 5.32 Å². The summed E-state index contributed by atoms with van der Waals surface area (Å²) in [6, 6.07) is 14.5. The highest BCUT2D eigenvalue weighted by Gasteiger charge is 2.22. The van der Waals surface area contributed by atoms with Crippen molar-refractivity contribution >= 4 is 38.3 Å². The van der Waals surface area contributed by atoms with Gasteiger partial charge in [0.2, 0.25) is 5.91 Å². The molecule has 4 nitrogen and oxygen atoms in total. The van der Waals surface area contributed by atoms with Gasteiger partial charge in [-0.1, -0.05) is 42.5 Å². The van der Waals surface area contributed by atoms with Crippen molar-refractivity contribution in [1.29, 1.82) is 0 Å². The van der Waals surface area contributed by atoms with Crippen molar-refractivity contribution in [2.75, 3.05) is 18.6 Å². The Balaban J connectivity index is 1.81. The first-order valence-corrected chi connectivity index (χ1v) is 10.5. The Hall–Kier alpha value is -1.53. The molecule has 124 valence electrons. The van der Waals surface area contributed by atoms with Gasteiger partial charge in [0, 0.05) is 24.3 Å². The zero-order valence-corrected chi connectivity index (χ0v) is 14.9. The SMILES string of the molecule is CC(C(=O)NCCSCc1cccc2ccccc12)S(C)(=O)=O. The molecule has 0 radical (unpaired) electrons. The van der Waals surface area contributed by atoms with Gasteiger partial charge in [0.15, 0.2) is 9.84 Å². The summed E-state index contributed by atoms with van der Waals surface area (Å²) < 4.78 is 22.6. The van der Waals surface area contributed by atoms with Gasteiger partial charge in [-0.15, -0.1) is 0 Å². The maximum atomic E-state index is 11.7. The van der Waals surface area contributed by atoms with E-state index in [1.54, 1.807) is 11.8 Å². The fourth-order valence-corrected chi connectivity index (χ4v) is 3.52. The first kappa shape index (κ1) is 17.8. The summed E-state index contributed by atoms with van der Waals surface area (Å²) in [6.45, 7) is 1.88. The Bertz CT molecular complexity index is 782. The van der Waals surface area contributed by atoms with Crippen molar-refractivity contribution in [3.8, 4) is 0 Å². The fraction of sp³-hybridized carbons (Fsp3) is 0.353. The Morgan fingerprint density at radius 1 is 1.17 bits per heavy atom. The Labute approximate surface area is 141 Å². The molecule has 2 rings (SSSR count). The molecule has 1 atom stereocenters. The van der Waals surface area contributed by atoms with Crippen LogP contribution in [0.4, 0.5) is 0 Å². The lowest BCUT2D eigenvalue weighted by Gasteiger charge is -2.10. The van der Waals surface area contributed by atoms with E-state index in [1.165, 1.54) is 23.3 Å². The van der Waals surface area contributed by atoms with E-state index in [-0.39, 0.29) is 0 Å². The molecule has 1 amide bonds. The van der Waals surface area contributed by atoms with Gasteiger partial charge in [-0.25, -0.2) is 8.42 Å². The van der Waals surface area contributed by atoms with Crippen LogP contribution in [0.5, 0.6) is 0 Å². The molecule has 0 heterocycles. The van der Waals surface area contributed by atoms with Gasteiger partial charge in [0.1, 0.15) is 5.25 Å². The third-order valence-electron chi connectivity index (χ3n) is 3.69. The van der Waals surface area contributed by atoms with Crippen LogP contribution in [-0.2, 0) is 20.4 Å². The first-order chi connectivity index (χ1) is 10.9. The van der Waals surface area contributed by atoms with Gasteiger partial charge < -0.3 is 5.32 Å². The Morgan fingerprint density at radius 3 is 2.61 bits per heavy atom. The molecule has 0 aromatic heterocycles. The van der Waals surface area contributed by atoms with E-state index in [0.29, 0.717) is 6.54 Å². The number of fused-ring (bicyclic) bond motifs is 1. The van der Waals surface area contributed by atoms with E-state index < -0.39 is 21.0 Å². The molecule has 6 heteroatoms. The summed E-state index contributed by atoms with van der Waals surface area (Å²) in [5.74, 6) is 1.17. The van der Waals surface area contributed by atoms with E-state index >= 15 is 0 Å². The quantitative estimate of drug-likeness (QED) is 0.779. The number of sulfone groups is 1. The lowest BCUT2D eigenvalue weighted by molar-refractivity contribution is -0.120. The first-order valence-electron chi connectivity index (χ1n) is 7.40. The van der Waals surface area contributed by atoms with E-state index in [9.17, 15) is 13.2 Å². The summed E-state index contributed by atoms with van der Waals surface area (Å²) in [5.41, 5.74) is 1.27. The van der Waals surface area contributed by atoms with Crippen LogP contribution >= 0.6 is 11.8 Å². The molecule has 0 aliphatic rings. The zero-order chi connectivity index (χ0) is 16.9. The van der Waals surface area contributed by atoms with E-state index in [4.69, 9.17) is 0 Å². The maximum absolute atomic E-state index is 11.7. The minimum Gasteiger partial charge on any atom is -0.354 e. The zero-order valence-electron chi connectivity index (χ0n) is 13.3. The number of benzene rings is 2. The smallest absolute Gasteiger partial charge is 0.238 e. The number of carbonyl (C=O) groups is 1. The van der Waals surface area contributed by atoms with Crippen LogP contribution in [0.1, 0.15) is 12.5 Å². The van der Waals surface area contributed by atoms with Gasteiger partial charge >= 0.3 is 0 Å². The van der Waals surface area contributed by atoms with Crippen LogP contribution in [0.2, 0.25) is 0 Å². The molecular weight excluding hydrogens is 330 g/mol. The van der Waals surface area contributed by atoms with Crippen LogP contribution in [0.3, 0.4) is 0 Å². The van der Waals surface area contributed by atoms with Crippen LogP contribution in [0, 0.1) is 0 Å². The van der Waals surface area contributed by atoms with Crippen molar-refractivity contribution in [1.82, 2.24) is 5.32 Å². The molecule has 0 saturated heterocycles. The molecule has 0 spiro atoms. The summed E-state index contributed by atoms with van der Waals surface area (Å²) in [4.78, 5) is 11.7. The highest BCUT2D eigenvalue weighted by molar-refractivity contribution is 7.98. The number of carbonyl (C=O) groups excluding carboxylic acids is 1. The standard InChI is InChI=1S/C17H21NO3S2/c1-13(23(2,20)21)17(19)18-10-11-22-12-15-8-5-7-14-6-3-4-9-16(14)15/h3-9,13H,10-12H2,1-2H3,(H,18,19). The van der Waals surface area contributed by atoms with Crippen molar-refractivity contribution in [2.24, 2.45) is 0 Å². The number of thioether (sulfide) groups is 1. The predicted octanol–water partition coefficient (Wildman–Crippen LogP) is 2.62. The normalized spacial score (nSPS) is 13.0. The number of amides is 1. The Kier molecular flexibility index (Phi) is 6.07. The lowest BCUT2D eigenvalue weighted by atomic mass is 10.1. The van der Waals surface area contributed by atoms with Crippen LogP contribution in [0.15, 0.2) is 42.5 Å². The minimum absolute atomic E-state index is 0.432. The average molecular weight is 351 g/mol. The second-order valence-electron chi connectivity index (χ2n) is 5.45. The average Bonchev–Trinajstić information content (AvgIpc) is 2.53. The van der Waals surface area contributed by atoms with Crippen LogP contribution in [-0.4, -0.2) is 38.1 Å². The third-order valence-corrected chi connectivity index (χ3v) is 6.20. The topological polar surface area (TPSA) is 63.2 Å². The van der Waals surface area contributed by atoms with E-state index in [0.717, 1.165) is 17.8 Å². The molecule has 0 aliphatic carbocycles. The Morgan fingerprint density at radius 2 is 1.87 bits per heavy atom. The molecule has 0 aliphatic heterocycles. The van der Waals surface area contributed by atoms with Gasteiger partial charge in [-0.3, -0.25) is 4.79 Å². The number of hydrogen-bond donors (Lipinski definition) is 1. The lowest BCUT2D eigenvalue weighted by Crippen LogP contribution is -2.38. The van der Waals surface area contributed by atoms with Gasteiger partial charge in [-0.2, -0.15) is 11.8 Å². The fourth-order valence-electron chi connectivity index (χ4n) is 2.19. The van der Waals surface area contributed by atoms with Gasteiger partial charge in [0.05, 0.1) is 0 Å². The number of rotatable bonds is 7. The monoisotopic (exact) mass is 351 g/mol. The summed E-state index contributed by atoms with van der Waals surface area (Å²) >= 11 is 1.72. The minimum atomic E-state index is -3.33. The van der Waals surface area contributed by atoms with Crippen molar-refractivity contribution < 1.29 is 13.2 Å². The molecule has 0 saturated carbocycles. The van der Waals surface area contributed by atoms with Crippen molar-refractivity contribution in [3.05, 3.63) is 48.0 Å². The summed E-state index contributed by atoms with van der Waals surface area (Å²) in [6.07, 6.45) is 1.08. The molecule has 1 unspecified atom stereocenters. The van der Waals surface area contributed by atoms with E-state index in [2.05, 4.69) is 29.6 Å². The third kappa shape index (κ3) is 4.97. The maximum Gasteiger partial charge on any atom is 0.238 e. The molecule has 0 fully saturated rings. The predicted molar refractivity (Wildman–Crippen MR) is 97.4 cm³/mol. The molecule has 2 aromatic rings. The van der Waals surface area contributed by atoms with Crippen molar-refractivity contribution in [2.45, 2.75) is 17.9 Å². The van der Waals surface area contributed by atoms with Crippen molar-refractivity contribution in [3.63, 3.8) is 0 Å². The van der Waals surface area contributed by atoms with Gasteiger partial charge in [-0.05, 0) is 23.3 Å². The van der Waals surface area contributed by atoms with Crippen LogP contribution in [0.25, 0.3) is 10.8 Å². The molecular formula is C17H21NO3S2. The number of nitrogens with one attached hydrogen (secondary N) is 1. The molecule has 0 bridgehead atoms. The van der Waals surface area contributed by atoms with Gasteiger partial charge in [0.25, 0.3) is 0 Å². The second kappa shape index (κ2) is 7.84. The molecule has 1 N–H and O–H groups in total. The molecule has 2 aromatic carbocycles. The largest absolute Gasteiger partial charge is 0.354 e. The summed E-state index contributed by atoms with van der Waals surface area (Å²) in [7, 11) is -3.33. The number of hydrogen-bond acceptors (Lipinski definition) is 4. The summed E-state index contributed by atoms with van der Waals surface area (Å²) in [5, 5.41) is 4.15. The highest BCUT2D eigenvalue weighted by atomic mass is 32.2. The molecule has 23 heavy (non-hydrogen) atoms. The van der Waals surface area contributed by atoms with E-state index in [1.807, 2.05) is 18.2 Å².